The van der Waals surface area contributed by atoms with Gasteiger partial charge in [0.15, 0.2) is 12.2 Å². The van der Waals surface area contributed by atoms with Crippen LogP contribution in [0.2, 0.25) is 5.02 Å². The number of aromatic nitrogens is 1. The van der Waals surface area contributed by atoms with E-state index in [-0.39, 0.29) is 18.9 Å². The molecule has 0 aliphatic carbocycles. The van der Waals surface area contributed by atoms with Gasteiger partial charge in [0.1, 0.15) is 5.75 Å². The molecule has 3 rings (SSSR count). The fourth-order valence-corrected chi connectivity index (χ4v) is 2.83. The third-order valence-electron chi connectivity index (χ3n) is 4.20. The van der Waals surface area contributed by atoms with Crippen LogP contribution in [0.3, 0.4) is 0 Å². The Labute approximate surface area is 171 Å². The number of rotatable bonds is 7. The topological polar surface area (TPSA) is 103 Å². The number of amides is 2. The van der Waals surface area contributed by atoms with Gasteiger partial charge in [-0.1, -0.05) is 23.7 Å². The largest absolute Gasteiger partial charge is 0.484 e. The van der Waals surface area contributed by atoms with Crippen LogP contribution in [0.5, 0.6) is 5.75 Å². The van der Waals surface area contributed by atoms with Crippen molar-refractivity contribution in [2.75, 3.05) is 6.61 Å². The summed E-state index contributed by atoms with van der Waals surface area (Å²) in [5.74, 6) is -0.829. The van der Waals surface area contributed by atoms with Crippen LogP contribution in [0.15, 0.2) is 51.7 Å². The van der Waals surface area contributed by atoms with E-state index in [4.69, 9.17) is 20.8 Å². The van der Waals surface area contributed by atoms with Gasteiger partial charge in [-0.3, -0.25) is 25.0 Å². The van der Waals surface area contributed by atoms with Crippen molar-refractivity contribution in [3.05, 3.63) is 63.6 Å². The summed E-state index contributed by atoms with van der Waals surface area (Å²) in [5.41, 5.74) is 6.63. The first kappa shape index (κ1) is 20.5. The number of benzene rings is 2. The Kier molecular flexibility index (Phi) is 6.56. The van der Waals surface area contributed by atoms with Crippen LogP contribution in [0.25, 0.3) is 11.1 Å². The zero-order valence-corrected chi connectivity index (χ0v) is 16.5. The second-order valence-corrected chi connectivity index (χ2v) is 6.79. The molecular weight excluding hydrogens is 398 g/mol. The van der Waals surface area contributed by atoms with E-state index < -0.39 is 11.7 Å². The van der Waals surface area contributed by atoms with Crippen LogP contribution in [0, 0.1) is 6.92 Å². The highest BCUT2D eigenvalue weighted by Crippen LogP contribution is 2.20. The number of hydrogen-bond acceptors (Lipinski definition) is 5. The number of hydrazine groups is 1. The van der Waals surface area contributed by atoms with Gasteiger partial charge in [-0.25, -0.2) is 4.79 Å². The highest BCUT2D eigenvalue weighted by atomic mass is 35.5. The first-order chi connectivity index (χ1) is 13.9. The summed E-state index contributed by atoms with van der Waals surface area (Å²) in [6.45, 7) is 1.91. The molecule has 3 aromatic rings. The number of oxazole rings is 1. The van der Waals surface area contributed by atoms with Gasteiger partial charge < -0.3 is 9.15 Å². The third-order valence-corrected chi connectivity index (χ3v) is 4.62. The van der Waals surface area contributed by atoms with Crippen LogP contribution in [-0.2, 0) is 16.1 Å². The maximum Gasteiger partial charge on any atom is 0.419 e. The van der Waals surface area contributed by atoms with Crippen LogP contribution < -0.4 is 21.3 Å². The van der Waals surface area contributed by atoms with Gasteiger partial charge in [-0.05, 0) is 49.2 Å². The number of carbonyl (C=O) groups excluding carboxylic acids is 2. The van der Waals surface area contributed by atoms with Crippen molar-refractivity contribution in [1.29, 1.82) is 0 Å². The molecular formula is C20H20ClN3O5. The van der Waals surface area contributed by atoms with Crippen molar-refractivity contribution in [3.63, 3.8) is 0 Å². The molecule has 0 unspecified atom stereocenters. The van der Waals surface area contributed by atoms with E-state index in [1.165, 1.54) is 4.57 Å². The van der Waals surface area contributed by atoms with Crippen molar-refractivity contribution >= 4 is 34.5 Å². The van der Waals surface area contributed by atoms with Crippen molar-refractivity contribution < 1.29 is 18.7 Å². The van der Waals surface area contributed by atoms with Crippen molar-refractivity contribution in [2.24, 2.45) is 0 Å². The second-order valence-electron chi connectivity index (χ2n) is 6.39. The highest BCUT2D eigenvalue weighted by molar-refractivity contribution is 6.31. The van der Waals surface area contributed by atoms with E-state index in [2.05, 4.69) is 10.9 Å². The second kappa shape index (κ2) is 9.29. The van der Waals surface area contributed by atoms with E-state index in [1.807, 2.05) is 13.0 Å². The molecule has 0 atom stereocenters. The number of para-hydroxylation sites is 2. The summed E-state index contributed by atoms with van der Waals surface area (Å²) >= 11 is 5.93. The molecule has 0 aliphatic heterocycles. The maximum atomic E-state index is 11.9. The standard InChI is InChI=1S/C20H20ClN3O5/c1-13-11-14(8-9-15(13)21)28-12-19(26)23-22-18(25)7-4-10-24-16-5-2-3-6-17(16)29-20(24)27/h2-3,5-6,8-9,11H,4,7,10,12H2,1H3,(H,22,25)(H,23,26). The van der Waals surface area contributed by atoms with Crippen LogP contribution in [0.1, 0.15) is 18.4 Å². The minimum absolute atomic E-state index is 0.128. The van der Waals surface area contributed by atoms with Gasteiger partial charge in [0.25, 0.3) is 5.91 Å². The summed E-state index contributed by atoms with van der Waals surface area (Å²) in [5, 5.41) is 0.611. The van der Waals surface area contributed by atoms with Gasteiger partial charge in [-0.2, -0.15) is 0 Å². The Balaban J connectivity index is 1.39. The molecule has 0 bridgehead atoms. The smallest absolute Gasteiger partial charge is 0.419 e. The van der Waals surface area contributed by atoms with E-state index in [0.29, 0.717) is 34.8 Å². The lowest BCUT2D eigenvalue weighted by atomic mass is 10.2. The lowest BCUT2D eigenvalue weighted by Gasteiger charge is -2.09. The molecule has 2 aromatic carbocycles. The first-order valence-electron chi connectivity index (χ1n) is 8.99. The Morgan fingerprint density at radius 1 is 1.14 bits per heavy atom. The molecule has 0 aliphatic rings. The minimum Gasteiger partial charge on any atom is -0.484 e. The van der Waals surface area contributed by atoms with Gasteiger partial charge in [-0.15, -0.1) is 0 Å². The molecule has 0 saturated carbocycles. The zero-order valence-electron chi connectivity index (χ0n) is 15.7. The summed E-state index contributed by atoms with van der Waals surface area (Å²) in [6.07, 6.45) is 0.537. The molecule has 0 spiro atoms. The number of nitrogens with one attached hydrogen (secondary N) is 2. The van der Waals surface area contributed by atoms with E-state index in [1.54, 1.807) is 36.4 Å². The lowest BCUT2D eigenvalue weighted by molar-refractivity contribution is -0.130. The molecule has 2 N–H and O–H groups in total. The maximum absolute atomic E-state index is 11.9. The van der Waals surface area contributed by atoms with Crippen molar-refractivity contribution in [2.45, 2.75) is 26.3 Å². The molecule has 0 fully saturated rings. The third kappa shape index (κ3) is 5.39. The number of nitrogens with zero attached hydrogens (tertiary/aromatic N) is 1. The number of aryl methyl sites for hydroxylation is 2. The summed E-state index contributed by atoms with van der Waals surface area (Å²) in [6, 6.07) is 12.1. The van der Waals surface area contributed by atoms with Gasteiger partial charge >= 0.3 is 5.76 Å². The Morgan fingerprint density at radius 3 is 2.69 bits per heavy atom. The minimum atomic E-state index is -0.497. The molecule has 9 heteroatoms. The Hall–Kier alpha value is -3.26. The van der Waals surface area contributed by atoms with Gasteiger partial charge in [0.05, 0.1) is 5.52 Å². The summed E-state index contributed by atoms with van der Waals surface area (Å²) < 4.78 is 12.0. The summed E-state index contributed by atoms with van der Waals surface area (Å²) in [4.78, 5) is 35.6. The summed E-state index contributed by atoms with van der Waals surface area (Å²) in [7, 11) is 0. The number of carbonyl (C=O) groups is 2. The Morgan fingerprint density at radius 2 is 1.90 bits per heavy atom. The first-order valence-corrected chi connectivity index (χ1v) is 9.37. The fourth-order valence-electron chi connectivity index (χ4n) is 2.72. The average Bonchev–Trinajstić information content (AvgIpc) is 3.02. The molecule has 2 amide bonds. The van der Waals surface area contributed by atoms with Gasteiger partial charge in [0, 0.05) is 18.0 Å². The van der Waals surface area contributed by atoms with Crippen LogP contribution in [-0.4, -0.2) is 23.0 Å². The lowest BCUT2D eigenvalue weighted by Crippen LogP contribution is -2.43. The van der Waals surface area contributed by atoms with E-state index >= 15 is 0 Å². The SMILES string of the molecule is Cc1cc(OCC(=O)NNC(=O)CCCn2c(=O)oc3ccccc32)ccc1Cl. The predicted octanol–water partition coefficient (Wildman–Crippen LogP) is 2.56. The quantitative estimate of drug-likeness (QED) is 0.575. The van der Waals surface area contributed by atoms with E-state index in [9.17, 15) is 14.4 Å². The highest BCUT2D eigenvalue weighted by Gasteiger charge is 2.10. The number of fused-ring (bicyclic) bond motifs is 1. The van der Waals surface area contributed by atoms with E-state index in [0.717, 1.165) is 5.56 Å². The molecule has 29 heavy (non-hydrogen) atoms. The molecule has 0 saturated heterocycles. The molecule has 1 heterocycles. The zero-order chi connectivity index (χ0) is 20.8. The van der Waals surface area contributed by atoms with Crippen molar-refractivity contribution in [1.82, 2.24) is 15.4 Å². The van der Waals surface area contributed by atoms with Crippen molar-refractivity contribution in [3.8, 4) is 5.75 Å². The molecule has 0 radical (unpaired) electrons. The molecule has 8 nitrogen and oxygen atoms in total. The monoisotopic (exact) mass is 417 g/mol. The molecule has 152 valence electrons. The van der Waals surface area contributed by atoms with Crippen LogP contribution >= 0.6 is 11.6 Å². The number of halogens is 1. The number of ether oxygens (including phenoxy) is 1. The normalized spacial score (nSPS) is 10.7. The molecule has 1 aromatic heterocycles. The number of hydrogen-bond donors (Lipinski definition) is 2. The fraction of sp³-hybridized carbons (Fsp3) is 0.250. The predicted molar refractivity (Wildman–Crippen MR) is 108 cm³/mol. The average molecular weight is 418 g/mol. The van der Waals surface area contributed by atoms with Crippen LogP contribution in [0.4, 0.5) is 0 Å². The van der Waals surface area contributed by atoms with Gasteiger partial charge in [0.2, 0.25) is 5.91 Å². The Bertz CT molecular complexity index is 1090.